The van der Waals surface area contributed by atoms with Crippen molar-refractivity contribution < 1.29 is 14.3 Å². The molecule has 1 amide bonds. The fourth-order valence-electron chi connectivity index (χ4n) is 3.34. The predicted octanol–water partition coefficient (Wildman–Crippen LogP) is 2.84. The molecular formula is C17H32N2O3. The summed E-state index contributed by atoms with van der Waals surface area (Å²) in [6.07, 6.45) is 5.59. The predicted molar refractivity (Wildman–Crippen MR) is 86.9 cm³/mol. The summed E-state index contributed by atoms with van der Waals surface area (Å²) in [7, 11) is 0. The van der Waals surface area contributed by atoms with Crippen LogP contribution < -0.4 is 10.6 Å². The summed E-state index contributed by atoms with van der Waals surface area (Å²) < 4.78 is 11.0. The second-order valence-electron chi connectivity index (χ2n) is 7.74. The highest BCUT2D eigenvalue weighted by molar-refractivity contribution is 5.68. The topological polar surface area (TPSA) is 59.6 Å². The first-order valence-corrected chi connectivity index (χ1v) is 8.68. The van der Waals surface area contributed by atoms with E-state index in [0.29, 0.717) is 18.1 Å². The summed E-state index contributed by atoms with van der Waals surface area (Å²) in [5.74, 6) is 0.624. The number of hydrogen-bond donors (Lipinski definition) is 2. The summed E-state index contributed by atoms with van der Waals surface area (Å²) in [6.45, 7) is 9.74. The van der Waals surface area contributed by atoms with Gasteiger partial charge in [0.2, 0.25) is 0 Å². The summed E-state index contributed by atoms with van der Waals surface area (Å²) in [5.41, 5.74) is -0.436. The van der Waals surface area contributed by atoms with E-state index >= 15 is 0 Å². The van der Waals surface area contributed by atoms with E-state index in [9.17, 15) is 4.79 Å². The average Bonchev–Trinajstić information content (AvgIpc) is 2.80. The normalized spacial score (nSPS) is 32.7. The molecule has 22 heavy (non-hydrogen) atoms. The monoisotopic (exact) mass is 312 g/mol. The lowest BCUT2D eigenvalue weighted by atomic mass is 9.90. The Bertz CT molecular complexity index is 367. The second-order valence-corrected chi connectivity index (χ2v) is 7.74. The van der Waals surface area contributed by atoms with Crippen LogP contribution in [0.5, 0.6) is 0 Å². The summed E-state index contributed by atoms with van der Waals surface area (Å²) in [4.78, 5) is 11.9. The maximum absolute atomic E-state index is 11.9. The molecular weight excluding hydrogens is 280 g/mol. The standard InChI is InChI=1S/C17H32N2O3/c1-12-13(8-9-21-12)11-18-14-6-5-7-15(10-14)19-16(20)22-17(2,3)4/h12-15,18H,5-11H2,1-4H3,(H,19,20). The molecule has 0 radical (unpaired) electrons. The third-order valence-electron chi connectivity index (χ3n) is 4.60. The smallest absolute Gasteiger partial charge is 0.407 e. The Balaban J connectivity index is 1.71. The van der Waals surface area contributed by atoms with E-state index in [1.54, 1.807) is 0 Å². The Morgan fingerprint density at radius 2 is 1.95 bits per heavy atom. The molecule has 0 bridgehead atoms. The van der Waals surface area contributed by atoms with Gasteiger partial charge in [-0.2, -0.15) is 0 Å². The van der Waals surface area contributed by atoms with Crippen LogP contribution in [0.15, 0.2) is 0 Å². The van der Waals surface area contributed by atoms with E-state index in [1.807, 2.05) is 20.8 Å². The van der Waals surface area contributed by atoms with Crippen LogP contribution in [-0.2, 0) is 9.47 Å². The minimum atomic E-state index is -0.436. The van der Waals surface area contributed by atoms with Crippen LogP contribution in [0.25, 0.3) is 0 Å². The van der Waals surface area contributed by atoms with E-state index in [4.69, 9.17) is 9.47 Å². The molecule has 5 heteroatoms. The first-order valence-electron chi connectivity index (χ1n) is 8.68. The maximum Gasteiger partial charge on any atom is 0.407 e. The Morgan fingerprint density at radius 1 is 1.23 bits per heavy atom. The van der Waals surface area contributed by atoms with Crippen molar-refractivity contribution in [1.82, 2.24) is 10.6 Å². The quantitative estimate of drug-likeness (QED) is 0.838. The van der Waals surface area contributed by atoms with Crippen LogP contribution in [0.3, 0.4) is 0 Å². The average molecular weight is 312 g/mol. The first-order chi connectivity index (χ1) is 10.3. The molecule has 2 fully saturated rings. The van der Waals surface area contributed by atoms with Crippen molar-refractivity contribution in [2.45, 2.75) is 83.6 Å². The van der Waals surface area contributed by atoms with Crippen molar-refractivity contribution in [3.8, 4) is 0 Å². The molecule has 4 unspecified atom stereocenters. The van der Waals surface area contributed by atoms with Crippen molar-refractivity contribution in [3.05, 3.63) is 0 Å². The highest BCUT2D eigenvalue weighted by Crippen LogP contribution is 2.22. The van der Waals surface area contributed by atoms with E-state index in [0.717, 1.165) is 38.8 Å². The van der Waals surface area contributed by atoms with Gasteiger partial charge in [0, 0.05) is 25.2 Å². The van der Waals surface area contributed by atoms with E-state index in [-0.39, 0.29) is 12.1 Å². The van der Waals surface area contributed by atoms with Crippen molar-refractivity contribution >= 4 is 6.09 Å². The zero-order valence-corrected chi connectivity index (χ0v) is 14.5. The Morgan fingerprint density at radius 3 is 2.59 bits per heavy atom. The third-order valence-corrected chi connectivity index (χ3v) is 4.60. The lowest BCUT2D eigenvalue weighted by molar-refractivity contribution is 0.0488. The minimum absolute atomic E-state index is 0.221. The highest BCUT2D eigenvalue weighted by atomic mass is 16.6. The van der Waals surface area contributed by atoms with Gasteiger partial charge in [-0.15, -0.1) is 0 Å². The van der Waals surface area contributed by atoms with E-state index < -0.39 is 5.60 Å². The van der Waals surface area contributed by atoms with Crippen LogP contribution in [0, 0.1) is 5.92 Å². The lowest BCUT2D eigenvalue weighted by Crippen LogP contribution is -2.46. The lowest BCUT2D eigenvalue weighted by Gasteiger charge is -2.32. The van der Waals surface area contributed by atoms with Crippen LogP contribution in [0.2, 0.25) is 0 Å². The van der Waals surface area contributed by atoms with Gasteiger partial charge < -0.3 is 20.1 Å². The maximum atomic E-state index is 11.9. The molecule has 1 aliphatic carbocycles. The molecule has 4 atom stereocenters. The van der Waals surface area contributed by atoms with Gasteiger partial charge in [-0.25, -0.2) is 4.79 Å². The molecule has 128 valence electrons. The van der Waals surface area contributed by atoms with E-state index in [2.05, 4.69) is 17.6 Å². The molecule has 1 aliphatic heterocycles. The van der Waals surface area contributed by atoms with Gasteiger partial charge in [0.15, 0.2) is 0 Å². The summed E-state index contributed by atoms with van der Waals surface area (Å²) in [6, 6.07) is 0.708. The first kappa shape index (κ1) is 17.5. The number of carbonyl (C=O) groups excluding carboxylic acids is 1. The molecule has 0 spiro atoms. The molecule has 1 heterocycles. The number of hydrogen-bond acceptors (Lipinski definition) is 4. The summed E-state index contributed by atoms with van der Waals surface area (Å²) >= 11 is 0. The zero-order chi connectivity index (χ0) is 16.2. The molecule has 1 saturated carbocycles. The number of nitrogens with one attached hydrogen (secondary N) is 2. The fourth-order valence-corrected chi connectivity index (χ4v) is 3.34. The fraction of sp³-hybridized carbons (Fsp3) is 0.941. The van der Waals surface area contributed by atoms with Gasteiger partial charge in [-0.3, -0.25) is 0 Å². The summed E-state index contributed by atoms with van der Waals surface area (Å²) in [5, 5.41) is 6.69. The van der Waals surface area contributed by atoms with Crippen molar-refractivity contribution in [2.24, 2.45) is 5.92 Å². The molecule has 2 rings (SSSR count). The molecule has 1 saturated heterocycles. The SMILES string of the molecule is CC1OCCC1CNC1CCCC(NC(=O)OC(C)(C)C)C1. The molecule has 0 aromatic rings. The number of carbonyl (C=O) groups is 1. The largest absolute Gasteiger partial charge is 0.444 e. The molecule has 2 N–H and O–H groups in total. The number of rotatable bonds is 4. The third kappa shape index (κ3) is 5.76. The van der Waals surface area contributed by atoms with Crippen molar-refractivity contribution in [3.63, 3.8) is 0 Å². The number of alkyl carbamates (subject to hydrolysis) is 1. The Hall–Kier alpha value is -0.810. The highest BCUT2D eigenvalue weighted by Gasteiger charge is 2.28. The molecule has 0 aromatic heterocycles. The van der Waals surface area contributed by atoms with Gasteiger partial charge in [0.25, 0.3) is 0 Å². The Labute approximate surface area is 134 Å². The van der Waals surface area contributed by atoms with Crippen molar-refractivity contribution in [2.75, 3.05) is 13.2 Å². The van der Waals surface area contributed by atoms with Crippen LogP contribution in [0.1, 0.15) is 59.8 Å². The zero-order valence-electron chi connectivity index (χ0n) is 14.5. The van der Waals surface area contributed by atoms with Gasteiger partial charge in [-0.05, 0) is 65.7 Å². The van der Waals surface area contributed by atoms with Gasteiger partial charge in [-0.1, -0.05) is 0 Å². The van der Waals surface area contributed by atoms with E-state index in [1.165, 1.54) is 6.42 Å². The molecule has 2 aliphatic rings. The second kappa shape index (κ2) is 7.64. The van der Waals surface area contributed by atoms with Crippen LogP contribution >= 0.6 is 0 Å². The number of amides is 1. The molecule has 0 aromatic carbocycles. The molecule has 5 nitrogen and oxygen atoms in total. The van der Waals surface area contributed by atoms with Gasteiger partial charge >= 0.3 is 6.09 Å². The van der Waals surface area contributed by atoms with Crippen molar-refractivity contribution in [1.29, 1.82) is 0 Å². The minimum Gasteiger partial charge on any atom is -0.444 e. The van der Waals surface area contributed by atoms with Gasteiger partial charge in [0.05, 0.1) is 6.10 Å². The van der Waals surface area contributed by atoms with Gasteiger partial charge in [0.1, 0.15) is 5.60 Å². The number of ether oxygens (including phenoxy) is 2. The Kier molecular flexibility index (Phi) is 6.09. The van der Waals surface area contributed by atoms with Crippen LogP contribution in [-0.4, -0.2) is 43.0 Å². The van der Waals surface area contributed by atoms with Crippen LogP contribution in [0.4, 0.5) is 4.79 Å².